The van der Waals surface area contributed by atoms with Crippen LogP contribution in [0.2, 0.25) is 0 Å². The van der Waals surface area contributed by atoms with Crippen LogP contribution in [0.5, 0.6) is 0 Å². The zero-order chi connectivity index (χ0) is 54.6. The molecule has 0 aliphatic heterocycles. The van der Waals surface area contributed by atoms with E-state index in [2.05, 4.69) is 0 Å². The second-order valence-electron chi connectivity index (χ2n) is 12.1. The van der Waals surface area contributed by atoms with Gasteiger partial charge in [-0.3, -0.25) is 0 Å². The van der Waals surface area contributed by atoms with Crippen molar-refractivity contribution in [2.75, 3.05) is 4.90 Å². The van der Waals surface area contributed by atoms with E-state index in [1.54, 1.807) is 36.4 Å². The van der Waals surface area contributed by atoms with Gasteiger partial charge in [-0.25, -0.2) is 9.97 Å². The Bertz CT molecular complexity index is 4390. The summed E-state index contributed by atoms with van der Waals surface area (Å²) in [5.74, 6) is -0.130. The van der Waals surface area contributed by atoms with Gasteiger partial charge in [-0.2, -0.15) is 0 Å². The van der Waals surface area contributed by atoms with Gasteiger partial charge in [-0.1, -0.05) is 127 Å². The fourth-order valence-electron chi connectivity index (χ4n) is 6.45. The summed E-state index contributed by atoms with van der Waals surface area (Å²) in [6, 6.07) is 1.35. The van der Waals surface area contributed by atoms with E-state index in [9.17, 15) is 13.7 Å². The van der Waals surface area contributed by atoms with Crippen LogP contribution in [0, 0.1) is 0 Å². The van der Waals surface area contributed by atoms with Crippen LogP contribution in [0.4, 0.5) is 17.1 Å². The summed E-state index contributed by atoms with van der Waals surface area (Å²) in [7, 11) is 0. The number of thiophene rings is 1. The standard InChI is InChI=1S/C50H31N3OS/c1-3-12-32(13-4-1)33-22-24-35(25-23-33)53(37-26-28-39-38-16-8-10-21-46(38)55-47(39)31-37)36-27-29-41-45(30-36)54-44-20-11-18-42(48(41)44)50-51-43-19-9-7-17-40(43)49(52-50)34-14-5-2-6-15-34/h1-31H/i1D,3D,4D,8D,10D,11D,12D,13D,16D,18D,20D,21D,22D,23D,24D,25D,27D,28D,29D,30D,31D. The molecule has 0 bridgehead atoms. The van der Waals surface area contributed by atoms with Crippen LogP contribution >= 0.6 is 11.3 Å². The van der Waals surface area contributed by atoms with Gasteiger partial charge >= 0.3 is 0 Å². The Morgan fingerprint density at radius 2 is 1.25 bits per heavy atom. The molecule has 0 unspecified atom stereocenters. The molecule has 0 amide bonds. The Kier molecular flexibility index (Phi) is 3.94. The largest absolute Gasteiger partial charge is 0.456 e. The highest BCUT2D eigenvalue weighted by atomic mass is 32.1. The monoisotopic (exact) mass is 742 g/mol. The van der Waals surface area contributed by atoms with Crippen molar-refractivity contribution in [3.05, 3.63) is 188 Å². The second-order valence-corrected chi connectivity index (χ2v) is 13.2. The van der Waals surface area contributed by atoms with Crippen LogP contribution in [-0.2, 0) is 0 Å². The average Bonchev–Trinajstić information content (AvgIpc) is 4.10. The lowest BCUT2D eigenvalue weighted by Gasteiger charge is -2.26. The molecular formula is C50H31N3OS. The minimum absolute atomic E-state index is 0.0331. The first kappa shape index (κ1) is 16.9. The van der Waals surface area contributed by atoms with E-state index >= 15 is 0 Å². The maximum atomic E-state index is 9.93. The number of nitrogens with zero attached hydrogens (tertiary/aromatic N) is 3. The fraction of sp³-hybridized carbons (Fsp3) is 0. The lowest BCUT2D eigenvalue weighted by atomic mass is 10.0. The van der Waals surface area contributed by atoms with Crippen molar-refractivity contribution >= 4 is 81.4 Å². The van der Waals surface area contributed by atoms with Crippen LogP contribution in [0.1, 0.15) is 28.8 Å². The van der Waals surface area contributed by atoms with E-state index in [4.69, 9.17) is 29.5 Å². The van der Waals surface area contributed by atoms with Gasteiger partial charge in [0.25, 0.3) is 0 Å². The third-order valence-corrected chi connectivity index (χ3v) is 9.93. The van der Waals surface area contributed by atoms with Crippen LogP contribution in [0.15, 0.2) is 192 Å². The number of aromatic nitrogens is 2. The number of benzene rings is 8. The summed E-state index contributed by atoms with van der Waals surface area (Å²) >= 11 is 0.708. The van der Waals surface area contributed by atoms with Gasteiger partial charge in [-0.15, -0.1) is 11.3 Å². The van der Waals surface area contributed by atoms with Crippen molar-refractivity contribution in [1.82, 2.24) is 9.97 Å². The van der Waals surface area contributed by atoms with Crippen molar-refractivity contribution in [2.45, 2.75) is 0 Å². The summed E-state index contributed by atoms with van der Waals surface area (Å²) in [6.45, 7) is 0. The lowest BCUT2D eigenvalue weighted by molar-refractivity contribution is 0.669. The molecule has 5 heteroatoms. The first-order chi connectivity index (χ1) is 36.0. The number of hydrogen-bond acceptors (Lipinski definition) is 5. The first-order valence-electron chi connectivity index (χ1n) is 27.2. The number of rotatable bonds is 6. The summed E-state index contributed by atoms with van der Waals surface area (Å²) in [5.41, 5.74) is -3.12. The van der Waals surface area contributed by atoms with Crippen LogP contribution < -0.4 is 4.90 Å². The van der Waals surface area contributed by atoms with E-state index in [1.807, 2.05) is 18.2 Å². The highest BCUT2D eigenvalue weighted by Gasteiger charge is 2.20. The molecule has 0 spiro atoms. The van der Waals surface area contributed by atoms with Crippen LogP contribution in [-0.4, -0.2) is 9.97 Å². The third kappa shape index (κ3) is 5.36. The van der Waals surface area contributed by atoms with Crippen molar-refractivity contribution in [3.8, 4) is 33.8 Å². The number of hydrogen-bond donors (Lipinski definition) is 0. The Labute approximate surface area is 350 Å². The quantitative estimate of drug-likeness (QED) is 0.170. The molecule has 3 aromatic heterocycles. The van der Waals surface area contributed by atoms with Gasteiger partial charge in [-0.05, 0) is 65.6 Å². The summed E-state index contributed by atoms with van der Waals surface area (Å²) in [5, 5.41) is -0.0682. The van der Waals surface area contributed by atoms with Gasteiger partial charge in [0, 0.05) is 70.6 Å². The molecule has 11 rings (SSSR count). The third-order valence-electron chi connectivity index (χ3n) is 8.91. The Balaban J connectivity index is 1.27. The fourth-order valence-corrected chi connectivity index (χ4v) is 7.43. The van der Waals surface area contributed by atoms with Crippen LogP contribution in [0.25, 0.3) is 86.8 Å². The van der Waals surface area contributed by atoms with Crippen molar-refractivity contribution in [1.29, 1.82) is 0 Å². The van der Waals surface area contributed by atoms with Crippen LogP contribution in [0.3, 0.4) is 0 Å². The normalized spacial score (nSPS) is 17.0. The minimum Gasteiger partial charge on any atom is -0.456 e. The number of anilines is 3. The Morgan fingerprint density at radius 3 is 2.15 bits per heavy atom. The molecule has 4 nitrogen and oxygen atoms in total. The topological polar surface area (TPSA) is 42.2 Å². The SMILES string of the molecule is [2H]c1c([2H])c([2H])c(-c2c([2H])c([2H])c(N(c3cc([2H])c4c(sc5c([2H])c([2H])c([2H])c([2H])c54)c3[2H])c3c([2H])c([2H])c4c(oc5c([2H])c([2H])c([2H])c(-c6nc(-c7ccccc7)c7ccccc7n6)c54)c3[2H])c([2H])c2[2H])c([2H])c1[2H]. The summed E-state index contributed by atoms with van der Waals surface area (Å²) in [6.07, 6.45) is 0. The Hall–Kier alpha value is -7.08. The summed E-state index contributed by atoms with van der Waals surface area (Å²) in [4.78, 5) is 10.4. The molecule has 0 atom stereocenters. The molecule has 0 saturated carbocycles. The molecule has 0 radical (unpaired) electrons. The smallest absolute Gasteiger partial charge is 0.161 e. The molecule has 0 saturated heterocycles. The molecule has 0 aliphatic carbocycles. The molecular weight excluding hydrogens is 691 g/mol. The van der Waals surface area contributed by atoms with Gasteiger partial charge in [0.1, 0.15) is 11.2 Å². The predicted octanol–water partition coefficient (Wildman–Crippen LogP) is 14.4. The molecule has 3 heterocycles. The van der Waals surface area contributed by atoms with E-state index in [0.29, 0.717) is 33.5 Å². The molecule has 8 aromatic carbocycles. The predicted molar refractivity (Wildman–Crippen MR) is 231 cm³/mol. The maximum Gasteiger partial charge on any atom is 0.161 e. The molecule has 55 heavy (non-hydrogen) atoms. The zero-order valence-electron chi connectivity index (χ0n) is 48.9. The molecule has 0 fully saturated rings. The minimum atomic E-state index is -1.00. The maximum absolute atomic E-state index is 9.93. The molecule has 0 aliphatic rings. The van der Waals surface area contributed by atoms with E-state index in [-0.39, 0.29) is 42.3 Å². The highest BCUT2D eigenvalue weighted by molar-refractivity contribution is 7.25. The number of para-hydroxylation sites is 1. The van der Waals surface area contributed by atoms with E-state index in [0.717, 1.165) is 11.0 Å². The first-order valence-corrected chi connectivity index (χ1v) is 17.5. The van der Waals surface area contributed by atoms with Crippen molar-refractivity contribution in [3.63, 3.8) is 0 Å². The van der Waals surface area contributed by atoms with E-state index in [1.165, 1.54) is 0 Å². The number of fused-ring (bicyclic) bond motifs is 7. The van der Waals surface area contributed by atoms with Crippen molar-refractivity contribution < 1.29 is 33.2 Å². The molecule has 11 aromatic rings. The average molecular weight is 743 g/mol. The molecule has 258 valence electrons. The highest BCUT2D eigenvalue weighted by Crippen LogP contribution is 2.44. The zero-order valence-corrected chi connectivity index (χ0v) is 28.7. The van der Waals surface area contributed by atoms with Crippen molar-refractivity contribution in [2.24, 2.45) is 0 Å². The Morgan fingerprint density at radius 1 is 0.491 bits per heavy atom. The van der Waals surface area contributed by atoms with Gasteiger partial charge < -0.3 is 9.32 Å². The number of furan rings is 1. The molecule has 0 N–H and O–H groups in total. The lowest BCUT2D eigenvalue weighted by Crippen LogP contribution is -2.09. The second kappa shape index (κ2) is 12.8. The van der Waals surface area contributed by atoms with E-state index < -0.39 is 166 Å². The van der Waals surface area contributed by atoms with Gasteiger partial charge in [0.05, 0.1) is 40.0 Å². The van der Waals surface area contributed by atoms with Gasteiger partial charge in [0.15, 0.2) is 5.82 Å². The summed E-state index contributed by atoms with van der Waals surface area (Å²) < 4.78 is 196. The van der Waals surface area contributed by atoms with Gasteiger partial charge in [0.2, 0.25) is 0 Å².